The fourth-order valence-electron chi connectivity index (χ4n) is 4.89. The number of benzene rings is 2. The number of ether oxygens (including phenoxy) is 1. The number of carbonyl (C=O) groups is 4. The first-order valence-corrected chi connectivity index (χ1v) is 12.2. The molecule has 2 aliphatic rings. The molecule has 2 aromatic carbocycles. The average molecular weight is 517 g/mol. The zero-order valence-electron chi connectivity index (χ0n) is 19.7. The second-order valence-corrected chi connectivity index (χ2v) is 9.98. The topological polar surface area (TPSA) is 84.0 Å². The van der Waals surface area contributed by atoms with Crippen molar-refractivity contribution >= 4 is 46.7 Å². The van der Waals surface area contributed by atoms with E-state index in [1.807, 2.05) is 6.92 Å². The molecule has 0 N–H and O–H groups in total. The van der Waals surface area contributed by atoms with Gasteiger partial charge in [-0.1, -0.05) is 30.1 Å². The molecule has 2 fully saturated rings. The summed E-state index contributed by atoms with van der Waals surface area (Å²) < 4.78 is 5.15. The molecule has 2 aromatic rings. The number of carbonyl (C=O) groups excluding carboxylic acids is 4. The van der Waals surface area contributed by atoms with Crippen molar-refractivity contribution in [3.05, 3.63) is 63.6 Å². The van der Waals surface area contributed by atoms with Gasteiger partial charge >= 0.3 is 0 Å². The Labute approximate surface area is 213 Å². The summed E-state index contributed by atoms with van der Waals surface area (Å²) in [5.41, 5.74) is 0.424. The molecule has 1 saturated carbocycles. The summed E-state index contributed by atoms with van der Waals surface area (Å²) >= 11 is 12.1. The average Bonchev–Trinajstić information content (AvgIpc) is 3.09. The molecule has 7 nitrogen and oxygen atoms in total. The van der Waals surface area contributed by atoms with Crippen LogP contribution in [0.5, 0.6) is 5.75 Å². The van der Waals surface area contributed by atoms with Crippen LogP contribution in [0.3, 0.4) is 0 Å². The van der Waals surface area contributed by atoms with Gasteiger partial charge in [-0.3, -0.25) is 19.2 Å². The van der Waals surface area contributed by atoms with Crippen LogP contribution in [0.25, 0.3) is 0 Å². The quantitative estimate of drug-likeness (QED) is 0.396. The van der Waals surface area contributed by atoms with E-state index >= 15 is 0 Å². The molecule has 0 unspecified atom stereocenters. The first-order valence-electron chi connectivity index (χ1n) is 11.5. The highest BCUT2D eigenvalue weighted by atomic mass is 35.5. The van der Waals surface area contributed by atoms with Crippen molar-refractivity contribution in [3.63, 3.8) is 0 Å². The van der Waals surface area contributed by atoms with E-state index in [-0.39, 0.29) is 15.6 Å². The predicted molar refractivity (Wildman–Crippen MR) is 131 cm³/mol. The summed E-state index contributed by atoms with van der Waals surface area (Å²) in [6.07, 6.45) is 1.97. The number of amides is 3. The van der Waals surface area contributed by atoms with Crippen LogP contribution in [0, 0.1) is 17.8 Å². The molecule has 9 heteroatoms. The molecule has 184 valence electrons. The third kappa shape index (κ3) is 4.67. The van der Waals surface area contributed by atoms with Gasteiger partial charge in [-0.2, -0.15) is 5.01 Å². The fourth-order valence-corrected chi connectivity index (χ4v) is 5.19. The molecular weight excluding hydrogens is 491 g/mol. The monoisotopic (exact) mass is 516 g/mol. The fraction of sp³-hybridized carbons (Fsp3) is 0.385. The highest BCUT2D eigenvalue weighted by Gasteiger charge is 2.54. The summed E-state index contributed by atoms with van der Waals surface area (Å²) in [5.74, 6) is -2.14. The third-order valence-electron chi connectivity index (χ3n) is 6.88. The zero-order valence-corrected chi connectivity index (χ0v) is 21.2. The Morgan fingerprint density at radius 2 is 1.60 bits per heavy atom. The second kappa shape index (κ2) is 9.99. The van der Waals surface area contributed by atoms with E-state index in [1.165, 1.54) is 32.2 Å². The largest absolute Gasteiger partial charge is 0.497 e. The Balaban J connectivity index is 1.75. The lowest BCUT2D eigenvalue weighted by atomic mass is 9.76. The Bertz CT molecular complexity index is 1180. The molecule has 0 bridgehead atoms. The molecule has 1 aliphatic carbocycles. The van der Waals surface area contributed by atoms with E-state index in [0.717, 1.165) is 16.4 Å². The normalized spacial score (nSPS) is 22.5. The van der Waals surface area contributed by atoms with Crippen LogP contribution in [0.1, 0.15) is 53.8 Å². The summed E-state index contributed by atoms with van der Waals surface area (Å²) in [4.78, 5) is 54.1. The lowest BCUT2D eigenvalue weighted by Crippen LogP contribution is -2.56. The predicted octanol–water partition coefficient (Wildman–Crippen LogP) is 5.05. The van der Waals surface area contributed by atoms with E-state index in [9.17, 15) is 19.2 Å². The molecule has 4 rings (SSSR count). The van der Waals surface area contributed by atoms with Crippen molar-refractivity contribution in [3.8, 4) is 5.75 Å². The number of fused-ring (bicyclic) bond motifs is 1. The number of hydrogen-bond donors (Lipinski definition) is 0. The maximum Gasteiger partial charge on any atom is 0.273 e. The maximum absolute atomic E-state index is 13.7. The van der Waals surface area contributed by atoms with Crippen LogP contribution in [-0.4, -0.2) is 46.7 Å². The van der Waals surface area contributed by atoms with E-state index in [2.05, 4.69) is 0 Å². The lowest BCUT2D eigenvalue weighted by Gasteiger charge is -2.34. The zero-order chi connectivity index (χ0) is 25.4. The van der Waals surface area contributed by atoms with Crippen molar-refractivity contribution in [2.75, 3.05) is 7.11 Å². The molecule has 1 aliphatic heterocycles. The minimum atomic E-state index is -1.14. The first-order chi connectivity index (χ1) is 16.6. The van der Waals surface area contributed by atoms with Gasteiger partial charge in [-0.05, 0) is 74.6 Å². The Hall–Kier alpha value is -2.90. The number of rotatable bonds is 6. The van der Waals surface area contributed by atoms with E-state index < -0.39 is 41.4 Å². The van der Waals surface area contributed by atoms with Gasteiger partial charge in [-0.25, -0.2) is 5.01 Å². The van der Waals surface area contributed by atoms with Crippen molar-refractivity contribution in [1.82, 2.24) is 10.0 Å². The molecule has 1 saturated heterocycles. The van der Waals surface area contributed by atoms with Crippen molar-refractivity contribution < 1.29 is 23.9 Å². The van der Waals surface area contributed by atoms with Crippen LogP contribution in [0.2, 0.25) is 10.0 Å². The lowest BCUT2D eigenvalue weighted by molar-refractivity contribution is -0.156. The SMILES string of the molecule is COc1ccc(C(=O)[C@H](C)N(C(=O)c2ccc(Cl)c(Cl)c2)N2C(=O)[C@H]3C[C@@H](C)CC[C@H]3C2=O)cc1. The Morgan fingerprint density at radius 1 is 0.971 bits per heavy atom. The number of imide groups is 1. The molecule has 0 aromatic heterocycles. The summed E-state index contributed by atoms with van der Waals surface area (Å²) in [6.45, 7) is 3.55. The van der Waals surface area contributed by atoms with Crippen LogP contribution in [0.4, 0.5) is 0 Å². The van der Waals surface area contributed by atoms with E-state index in [0.29, 0.717) is 30.1 Å². The number of hydrogen-bond acceptors (Lipinski definition) is 5. The number of Topliss-reactive ketones (excluding diaryl/α,β-unsaturated/α-hetero) is 1. The van der Waals surface area contributed by atoms with E-state index in [4.69, 9.17) is 27.9 Å². The summed E-state index contributed by atoms with van der Waals surface area (Å²) in [5, 5.41) is 2.28. The van der Waals surface area contributed by atoms with Crippen LogP contribution < -0.4 is 4.74 Å². The second-order valence-electron chi connectivity index (χ2n) is 9.17. The Kier molecular flexibility index (Phi) is 7.20. The molecule has 3 amide bonds. The molecule has 35 heavy (non-hydrogen) atoms. The summed E-state index contributed by atoms with van der Waals surface area (Å²) in [6, 6.07) is 9.55. The molecule has 0 spiro atoms. The minimum Gasteiger partial charge on any atom is -0.497 e. The van der Waals surface area contributed by atoms with Gasteiger partial charge in [0.15, 0.2) is 5.78 Å². The van der Waals surface area contributed by atoms with Crippen LogP contribution in [-0.2, 0) is 9.59 Å². The van der Waals surface area contributed by atoms with Gasteiger partial charge in [-0.15, -0.1) is 0 Å². The molecular formula is C26H26Cl2N2O5. The van der Waals surface area contributed by atoms with Gasteiger partial charge in [0.05, 0.1) is 29.0 Å². The van der Waals surface area contributed by atoms with Crippen molar-refractivity contribution in [2.24, 2.45) is 17.8 Å². The number of nitrogens with zero attached hydrogens (tertiary/aromatic N) is 2. The molecule has 1 heterocycles. The number of methoxy groups -OCH3 is 1. The summed E-state index contributed by atoms with van der Waals surface area (Å²) in [7, 11) is 1.52. The van der Waals surface area contributed by atoms with Crippen molar-refractivity contribution in [1.29, 1.82) is 0 Å². The highest BCUT2D eigenvalue weighted by molar-refractivity contribution is 6.42. The van der Waals surface area contributed by atoms with Gasteiger partial charge < -0.3 is 4.74 Å². The van der Waals surface area contributed by atoms with E-state index in [1.54, 1.807) is 24.3 Å². The molecule has 0 radical (unpaired) electrons. The van der Waals surface area contributed by atoms with Crippen LogP contribution >= 0.6 is 23.2 Å². The standard InChI is InChI=1S/C26H26Cl2N2O5/c1-14-4-10-19-20(12-14)26(34)30(25(19)33)29(24(32)17-7-11-21(27)22(28)13-17)15(2)23(31)16-5-8-18(35-3)9-6-16/h5-9,11,13-15,19-20H,4,10,12H2,1-3H3/t14-,15-,19+,20-/m0/s1. The van der Waals surface area contributed by atoms with Crippen LogP contribution in [0.15, 0.2) is 42.5 Å². The first kappa shape index (κ1) is 25.2. The van der Waals surface area contributed by atoms with Gasteiger partial charge in [0.25, 0.3) is 17.7 Å². The third-order valence-corrected chi connectivity index (χ3v) is 7.61. The molecule has 4 atom stereocenters. The van der Waals surface area contributed by atoms with Crippen molar-refractivity contribution in [2.45, 2.75) is 39.2 Å². The number of hydrazine groups is 1. The number of ketones is 1. The maximum atomic E-state index is 13.7. The van der Waals surface area contributed by atoms with Gasteiger partial charge in [0.2, 0.25) is 0 Å². The highest BCUT2D eigenvalue weighted by Crippen LogP contribution is 2.42. The Morgan fingerprint density at radius 3 is 2.23 bits per heavy atom. The van der Waals surface area contributed by atoms with Gasteiger partial charge in [0, 0.05) is 11.1 Å². The number of halogens is 2. The van der Waals surface area contributed by atoms with Gasteiger partial charge in [0.1, 0.15) is 11.8 Å². The minimum absolute atomic E-state index is 0.109. The smallest absolute Gasteiger partial charge is 0.273 e.